The van der Waals surface area contributed by atoms with Gasteiger partial charge < -0.3 is 10.4 Å². The Bertz CT molecular complexity index is 906. The van der Waals surface area contributed by atoms with Crippen molar-refractivity contribution in [3.05, 3.63) is 81.5 Å². The smallest absolute Gasteiger partial charge is 0.175 e. The molecule has 2 nitrogen and oxygen atoms in total. The normalized spacial score (nSPS) is 10.7. The summed E-state index contributed by atoms with van der Waals surface area (Å²) < 4.78 is 14.2. The molecule has 3 aromatic rings. The van der Waals surface area contributed by atoms with E-state index in [9.17, 15) is 9.50 Å². The van der Waals surface area contributed by atoms with Gasteiger partial charge in [0.05, 0.1) is 5.69 Å². The van der Waals surface area contributed by atoms with Gasteiger partial charge in [-0.05, 0) is 42.0 Å². The lowest BCUT2D eigenvalue weighted by atomic mass is 10.2. The molecule has 0 heterocycles. The Morgan fingerprint density at radius 1 is 1.08 bits per heavy atom. The van der Waals surface area contributed by atoms with Gasteiger partial charge >= 0.3 is 0 Å². The largest absolute Gasteiger partial charge is 0.503 e. The lowest BCUT2D eigenvalue weighted by Gasteiger charge is -2.13. The Balaban J connectivity index is 1.80. The van der Waals surface area contributed by atoms with E-state index in [0.717, 1.165) is 15.4 Å². The van der Waals surface area contributed by atoms with Gasteiger partial charge in [0.15, 0.2) is 11.6 Å². The number of benzene rings is 3. The van der Waals surface area contributed by atoms with Crippen molar-refractivity contribution in [3.8, 4) is 5.75 Å². The van der Waals surface area contributed by atoms with E-state index < -0.39 is 5.82 Å². The third-order valence-corrected chi connectivity index (χ3v) is 5.29. The zero-order valence-electron chi connectivity index (χ0n) is 13.0. The van der Waals surface area contributed by atoms with Crippen LogP contribution in [0.5, 0.6) is 5.75 Å². The summed E-state index contributed by atoms with van der Waals surface area (Å²) >= 11 is 10.9. The highest BCUT2D eigenvalue weighted by Crippen LogP contribution is 2.34. The summed E-state index contributed by atoms with van der Waals surface area (Å²) in [5, 5.41) is 13.6. The van der Waals surface area contributed by atoms with Crippen molar-refractivity contribution in [3.63, 3.8) is 0 Å². The van der Waals surface area contributed by atoms with Crippen LogP contribution in [0.2, 0.25) is 5.02 Å². The number of halogens is 3. The van der Waals surface area contributed by atoms with E-state index in [2.05, 4.69) is 21.2 Å². The molecule has 0 radical (unpaired) electrons. The molecule has 0 saturated carbocycles. The Kier molecular flexibility index (Phi) is 5.89. The molecular formula is C19H14BrClFNOS. The van der Waals surface area contributed by atoms with Crippen LogP contribution in [-0.4, -0.2) is 5.11 Å². The summed E-state index contributed by atoms with van der Waals surface area (Å²) in [4.78, 5) is 2.10. The third-order valence-electron chi connectivity index (χ3n) is 3.49. The van der Waals surface area contributed by atoms with Gasteiger partial charge in [-0.15, -0.1) is 0 Å². The summed E-state index contributed by atoms with van der Waals surface area (Å²) in [5.41, 5.74) is 1.38. The highest BCUT2D eigenvalue weighted by Gasteiger charge is 2.10. The van der Waals surface area contributed by atoms with Crippen LogP contribution < -0.4 is 5.32 Å². The minimum Gasteiger partial charge on any atom is -0.503 e. The van der Waals surface area contributed by atoms with Crippen LogP contribution in [0, 0.1) is 5.82 Å². The number of hydrogen-bond acceptors (Lipinski definition) is 3. The molecule has 25 heavy (non-hydrogen) atoms. The third kappa shape index (κ3) is 4.69. The van der Waals surface area contributed by atoms with Crippen molar-refractivity contribution in [2.24, 2.45) is 0 Å². The van der Waals surface area contributed by atoms with Gasteiger partial charge in [-0.1, -0.05) is 63.6 Å². The van der Waals surface area contributed by atoms with Crippen molar-refractivity contribution >= 4 is 45.0 Å². The topological polar surface area (TPSA) is 32.3 Å². The minimum atomic E-state index is -0.668. The van der Waals surface area contributed by atoms with Gasteiger partial charge in [0.1, 0.15) is 0 Å². The van der Waals surface area contributed by atoms with E-state index in [0.29, 0.717) is 21.7 Å². The first kappa shape index (κ1) is 18.1. The van der Waals surface area contributed by atoms with E-state index in [4.69, 9.17) is 11.6 Å². The van der Waals surface area contributed by atoms with Gasteiger partial charge in [0.25, 0.3) is 0 Å². The summed E-state index contributed by atoms with van der Waals surface area (Å²) in [6.45, 7) is 0.452. The first-order chi connectivity index (χ1) is 12.0. The number of phenolic OH excluding ortho intramolecular Hbond substituents is 1. The monoisotopic (exact) mass is 437 g/mol. The molecule has 6 heteroatoms. The van der Waals surface area contributed by atoms with Crippen molar-refractivity contribution in [1.29, 1.82) is 0 Å². The highest BCUT2D eigenvalue weighted by atomic mass is 79.9. The molecule has 3 rings (SSSR count). The van der Waals surface area contributed by atoms with Gasteiger partial charge in [-0.3, -0.25) is 0 Å². The molecule has 3 aromatic carbocycles. The molecule has 0 aliphatic carbocycles. The van der Waals surface area contributed by atoms with Crippen molar-refractivity contribution < 1.29 is 9.50 Å². The second-order valence-electron chi connectivity index (χ2n) is 5.30. The second kappa shape index (κ2) is 8.13. The van der Waals surface area contributed by atoms with E-state index in [-0.39, 0.29) is 5.75 Å². The molecule has 0 bridgehead atoms. The Morgan fingerprint density at radius 3 is 2.68 bits per heavy atom. The van der Waals surface area contributed by atoms with Crippen molar-refractivity contribution in [1.82, 2.24) is 0 Å². The number of phenols is 1. The maximum atomic E-state index is 13.6. The zero-order chi connectivity index (χ0) is 17.8. The van der Waals surface area contributed by atoms with Crippen LogP contribution in [-0.2, 0) is 6.54 Å². The standard InChI is InChI=1S/C19H14BrClFNOS/c20-13-8-16(22)19(24)17(9-13)23-11-12-4-1-2-7-18(12)25-15-6-3-5-14(21)10-15/h1-10,23-24H,11H2. The van der Waals surface area contributed by atoms with E-state index in [1.54, 1.807) is 17.8 Å². The van der Waals surface area contributed by atoms with Crippen molar-refractivity contribution in [2.45, 2.75) is 16.3 Å². The highest BCUT2D eigenvalue weighted by molar-refractivity contribution is 9.10. The molecule has 0 spiro atoms. The number of nitrogens with one attached hydrogen (secondary N) is 1. The lowest BCUT2D eigenvalue weighted by Crippen LogP contribution is -2.02. The maximum Gasteiger partial charge on any atom is 0.175 e. The van der Waals surface area contributed by atoms with Crippen LogP contribution in [0.1, 0.15) is 5.56 Å². The Hall–Kier alpha value is -1.69. The number of aromatic hydroxyl groups is 1. The molecule has 0 unspecified atom stereocenters. The van der Waals surface area contributed by atoms with Gasteiger partial charge in [0.2, 0.25) is 0 Å². The fourth-order valence-corrected chi connectivity index (χ4v) is 3.99. The molecule has 128 valence electrons. The average molecular weight is 439 g/mol. The number of rotatable bonds is 5. The molecule has 0 aliphatic rings. The second-order valence-corrected chi connectivity index (χ2v) is 7.77. The van der Waals surface area contributed by atoms with Crippen LogP contribution in [0.15, 0.2) is 74.9 Å². The molecular weight excluding hydrogens is 425 g/mol. The number of hydrogen-bond donors (Lipinski definition) is 2. The molecule has 0 amide bonds. The molecule has 0 aromatic heterocycles. The van der Waals surface area contributed by atoms with Gasteiger partial charge in [-0.2, -0.15) is 0 Å². The molecule has 0 saturated heterocycles. The predicted octanol–water partition coefficient (Wildman–Crippen LogP) is 6.71. The fourth-order valence-electron chi connectivity index (χ4n) is 2.30. The van der Waals surface area contributed by atoms with Crippen LogP contribution in [0.4, 0.5) is 10.1 Å². The van der Waals surface area contributed by atoms with Crippen LogP contribution >= 0.6 is 39.3 Å². The first-order valence-corrected chi connectivity index (χ1v) is 9.45. The summed E-state index contributed by atoms with van der Waals surface area (Å²) in [6, 6.07) is 18.4. The van der Waals surface area contributed by atoms with E-state index in [1.807, 2.05) is 48.5 Å². The number of anilines is 1. The van der Waals surface area contributed by atoms with Crippen LogP contribution in [0.3, 0.4) is 0 Å². The van der Waals surface area contributed by atoms with Gasteiger partial charge in [-0.25, -0.2) is 4.39 Å². The quantitative estimate of drug-likeness (QED) is 0.434. The fraction of sp³-hybridized carbons (Fsp3) is 0.0526. The minimum absolute atomic E-state index is 0.342. The molecule has 0 atom stereocenters. The summed E-state index contributed by atoms with van der Waals surface area (Å²) in [6.07, 6.45) is 0. The van der Waals surface area contributed by atoms with E-state index in [1.165, 1.54) is 6.07 Å². The molecule has 2 N–H and O–H groups in total. The zero-order valence-corrected chi connectivity index (χ0v) is 16.1. The first-order valence-electron chi connectivity index (χ1n) is 7.46. The summed E-state index contributed by atoms with van der Waals surface area (Å²) in [5.74, 6) is -1.05. The van der Waals surface area contributed by atoms with Gasteiger partial charge in [0, 0.05) is 25.8 Å². The van der Waals surface area contributed by atoms with E-state index >= 15 is 0 Å². The predicted molar refractivity (Wildman–Crippen MR) is 105 cm³/mol. The lowest BCUT2D eigenvalue weighted by molar-refractivity contribution is 0.434. The Morgan fingerprint density at radius 2 is 1.88 bits per heavy atom. The Labute approximate surface area is 163 Å². The van der Waals surface area contributed by atoms with Crippen molar-refractivity contribution in [2.75, 3.05) is 5.32 Å². The molecule has 0 aliphatic heterocycles. The molecule has 0 fully saturated rings. The maximum absolute atomic E-state index is 13.6. The average Bonchev–Trinajstić information content (AvgIpc) is 2.58. The summed E-state index contributed by atoms with van der Waals surface area (Å²) in [7, 11) is 0. The SMILES string of the molecule is Oc1c(F)cc(Br)cc1NCc1ccccc1Sc1cccc(Cl)c1. The van der Waals surface area contributed by atoms with Crippen LogP contribution in [0.25, 0.3) is 0 Å².